The molecule has 3 nitrogen and oxygen atoms in total. The van der Waals surface area contributed by atoms with Gasteiger partial charge in [0, 0.05) is 6.42 Å². The molecule has 0 unspecified atom stereocenters. The summed E-state index contributed by atoms with van der Waals surface area (Å²) in [5, 5.41) is 7.10. The van der Waals surface area contributed by atoms with E-state index < -0.39 is 0 Å². The highest BCUT2D eigenvalue weighted by Crippen LogP contribution is 2.23. The van der Waals surface area contributed by atoms with Gasteiger partial charge in [0.25, 0.3) is 5.91 Å². The van der Waals surface area contributed by atoms with Crippen LogP contribution in [0.5, 0.6) is 0 Å². The summed E-state index contributed by atoms with van der Waals surface area (Å²) in [5.74, 6) is -0.334. The summed E-state index contributed by atoms with van der Waals surface area (Å²) in [5.41, 5.74) is 1.50. The molecule has 0 saturated heterocycles. The minimum atomic E-state index is -0.334. The number of azo groups is 1. The number of carbonyl (C=O) groups is 1. The van der Waals surface area contributed by atoms with Crippen molar-refractivity contribution in [1.29, 1.82) is 0 Å². The van der Waals surface area contributed by atoms with Gasteiger partial charge in [0.15, 0.2) is 5.16 Å². The van der Waals surface area contributed by atoms with Crippen molar-refractivity contribution in [2.24, 2.45) is 10.2 Å². The molecule has 0 N–H and O–H groups in total. The maximum absolute atomic E-state index is 11.2. The Kier molecular flexibility index (Phi) is 2.41. The van der Waals surface area contributed by atoms with E-state index in [0.29, 0.717) is 12.0 Å². The van der Waals surface area contributed by atoms with E-state index in [-0.39, 0.29) is 11.1 Å². The third-order valence-corrected chi connectivity index (χ3v) is 2.26. The molecule has 4 heteroatoms. The van der Waals surface area contributed by atoms with Gasteiger partial charge in [-0.1, -0.05) is 41.9 Å². The fraction of sp³-hybridized carbons (Fsp3) is 0.100. The second kappa shape index (κ2) is 3.72. The topological polar surface area (TPSA) is 41.8 Å². The smallest absolute Gasteiger partial charge is 0.265 e. The highest BCUT2D eigenvalue weighted by molar-refractivity contribution is 6.32. The molecule has 0 atom stereocenters. The molecule has 0 saturated carbocycles. The predicted molar refractivity (Wildman–Crippen MR) is 52.9 cm³/mol. The van der Waals surface area contributed by atoms with E-state index in [1.54, 1.807) is 0 Å². The van der Waals surface area contributed by atoms with E-state index in [9.17, 15) is 4.79 Å². The van der Waals surface area contributed by atoms with Gasteiger partial charge in [-0.05, 0) is 5.56 Å². The Morgan fingerprint density at radius 1 is 1.14 bits per heavy atom. The first-order valence-electron chi connectivity index (χ1n) is 4.16. The lowest BCUT2D eigenvalue weighted by atomic mass is 10.1. The first-order chi connectivity index (χ1) is 6.77. The van der Waals surface area contributed by atoms with Gasteiger partial charge in [-0.25, -0.2) is 0 Å². The lowest BCUT2D eigenvalue weighted by Gasteiger charge is -1.99. The molecule has 0 radical (unpaired) electrons. The maximum Gasteiger partial charge on any atom is 0.294 e. The number of amides is 1. The first kappa shape index (κ1) is 9.09. The van der Waals surface area contributed by atoms with Gasteiger partial charge in [-0.15, -0.1) is 10.2 Å². The Balaban J connectivity index is 2.21. The molecule has 2 rings (SSSR count). The van der Waals surface area contributed by atoms with Crippen LogP contribution in [0.2, 0.25) is 0 Å². The normalized spacial score (nSPS) is 15.4. The zero-order valence-corrected chi connectivity index (χ0v) is 8.03. The van der Waals surface area contributed by atoms with E-state index in [2.05, 4.69) is 10.2 Å². The van der Waals surface area contributed by atoms with Crippen LogP contribution in [-0.2, 0) is 11.2 Å². The van der Waals surface area contributed by atoms with Crippen molar-refractivity contribution < 1.29 is 4.79 Å². The lowest BCUT2D eigenvalue weighted by Crippen LogP contribution is -1.99. The van der Waals surface area contributed by atoms with Crippen molar-refractivity contribution in [3.63, 3.8) is 0 Å². The second-order valence-electron chi connectivity index (χ2n) is 2.94. The molecular formula is C10H7ClN2O. The van der Waals surface area contributed by atoms with Crippen molar-refractivity contribution in [2.75, 3.05) is 0 Å². The van der Waals surface area contributed by atoms with E-state index >= 15 is 0 Å². The van der Waals surface area contributed by atoms with E-state index in [1.807, 2.05) is 30.3 Å². The first-order valence-corrected chi connectivity index (χ1v) is 4.54. The zero-order valence-electron chi connectivity index (χ0n) is 7.27. The van der Waals surface area contributed by atoms with Gasteiger partial charge in [0.05, 0.1) is 5.57 Å². The van der Waals surface area contributed by atoms with E-state index in [0.717, 1.165) is 5.56 Å². The summed E-state index contributed by atoms with van der Waals surface area (Å²) in [6, 6.07) is 9.62. The Morgan fingerprint density at radius 2 is 1.86 bits per heavy atom. The second-order valence-corrected chi connectivity index (χ2v) is 3.29. The lowest BCUT2D eigenvalue weighted by molar-refractivity contribution is -0.114. The van der Waals surface area contributed by atoms with Gasteiger partial charge >= 0.3 is 0 Å². The summed E-state index contributed by atoms with van der Waals surface area (Å²) < 4.78 is 0. The Morgan fingerprint density at radius 3 is 2.43 bits per heavy atom. The van der Waals surface area contributed by atoms with Gasteiger partial charge in [-0.3, -0.25) is 4.79 Å². The van der Waals surface area contributed by atoms with Crippen molar-refractivity contribution in [2.45, 2.75) is 6.42 Å². The molecule has 0 bridgehead atoms. The van der Waals surface area contributed by atoms with E-state index in [1.165, 1.54) is 0 Å². The third-order valence-electron chi connectivity index (χ3n) is 1.96. The fourth-order valence-corrected chi connectivity index (χ4v) is 1.43. The summed E-state index contributed by atoms with van der Waals surface area (Å²) in [7, 11) is 0. The van der Waals surface area contributed by atoms with Gasteiger partial charge in [0.2, 0.25) is 0 Å². The monoisotopic (exact) mass is 206 g/mol. The number of hydrogen-bond acceptors (Lipinski definition) is 2. The number of nitrogens with zero attached hydrogens (tertiary/aromatic N) is 2. The molecule has 70 valence electrons. The molecule has 0 spiro atoms. The average molecular weight is 207 g/mol. The maximum atomic E-state index is 11.2. The highest BCUT2D eigenvalue weighted by atomic mass is 35.5. The highest BCUT2D eigenvalue weighted by Gasteiger charge is 2.19. The van der Waals surface area contributed by atoms with Crippen LogP contribution in [0.3, 0.4) is 0 Å². The molecular weight excluding hydrogens is 200 g/mol. The van der Waals surface area contributed by atoms with Crippen molar-refractivity contribution in [3.05, 3.63) is 46.6 Å². The van der Waals surface area contributed by atoms with Gasteiger partial charge in [-0.2, -0.15) is 0 Å². The molecule has 1 aromatic carbocycles. The molecule has 14 heavy (non-hydrogen) atoms. The third kappa shape index (κ3) is 1.72. The largest absolute Gasteiger partial charge is 0.294 e. The van der Waals surface area contributed by atoms with Crippen LogP contribution in [-0.4, -0.2) is 5.91 Å². The average Bonchev–Trinajstić information content (AvgIpc) is 2.51. The number of halogens is 1. The van der Waals surface area contributed by atoms with Crippen molar-refractivity contribution >= 4 is 17.5 Å². The number of carbonyl (C=O) groups excluding carboxylic acids is 1. The Bertz CT molecular complexity index is 423. The van der Waals surface area contributed by atoms with Crippen LogP contribution < -0.4 is 0 Å². The molecule has 0 aliphatic carbocycles. The van der Waals surface area contributed by atoms with Crippen LogP contribution in [0.4, 0.5) is 0 Å². The van der Waals surface area contributed by atoms with E-state index in [4.69, 9.17) is 11.6 Å². The molecule has 1 heterocycles. The predicted octanol–water partition coefficient (Wildman–Crippen LogP) is 2.67. The molecule has 1 aliphatic heterocycles. The summed E-state index contributed by atoms with van der Waals surface area (Å²) in [6.07, 6.45) is 0.492. The zero-order chi connectivity index (χ0) is 9.97. The van der Waals surface area contributed by atoms with Crippen LogP contribution >= 0.6 is 11.6 Å². The Labute approximate surface area is 86.1 Å². The van der Waals surface area contributed by atoms with Crippen LogP contribution in [0.25, 0.3) is 0 Å². The quantitative estimate of drug-likeness (QED) is 0.686. The standard InChI is InChI=1S/C10H7ClN2O/c11-9-8(10(14)13-12-9)6-7-4-2-1-3-5-7/h1-5H,6H2. The molecule has 1 aromatic rings. The molecule has 0 fully saturated rings. The SMILES string of the molecule is O=C1N=NC(Cl)=C1Cc1ccccc1. The molecule has 0 aromatic heterocycles. The number of rotatable bonds is 2. The van der Waals surface area contributed by atoms with Crippen molar-refractivity contribution in [3.8, 4) is 0 Å². The van der Waals surface area contributed by atoms with Crippen LogP contribution in [0.1, 0.15) is 5.56 Å². The Hall–Kier alpha value is -1.48. The van der Waals surface area contributed by atoms with Crippen LogP contribution in [0, 0.1) is 0 Å². The number of hydrogen-bond donors (Lipinski definition) is 0. The minimum Gasteiger partial charge on any atom is -0.265 e. The number of benzene rings is 1. The molecule has 1 amide bonds. The summed E-state index contributed by atoms with van der Waals surface area (Å²) >= 11 is 5.72. The summed E-state index contributed by atoms with van der Waals surface area (Å²) in [4.78, 5) is 11.2. The van der Waals surface area contributed by atoms with Crippen molar-refractivity contribution in [1.82, 2.24) is 0 Å². The van der Waals surface area contributed by atoms with Gasteiger partial charge in [0.1, 0.15) is 0 Å². The molecule has 1 aliphatic rings. The van der Waals surface area contributed by atoms with Gasteiger partial charge < -0.3 is 0 Å². The minimum absolute atomic E-state index is 0.207. The fourth-order valence-electron chi connectivity index (χ4n) is 1.25. The summed E-state index contributed by atoms with van der Waals surface area (Å²) in [6.45, 7) is 0. The van der Waals surface area contributed by atoms with Crippen LogP contribution in [0.15, 0.2) is 51.3 Å².